The minimum Gasteiger partial charge on any atom is -0.463 e. The molecule has 0 spiro atoms. The molecule has 222 valence electrons. The van der Waals surface area contributed by atoms with Gasteiger partial charge in [-0.1, -0.05) is 97.8 Å². The van der Waals surface area contributed by atoms with E-state index in [2.05, 4.69) is 6.92 Å². The first-order chi connectivity index (χ1) is 18.0. The van der Waals surface area contributed by atoms with E-state index in [9.17, 15) is 35.1 Å². The standard InChI is InChI=1S/C28H50O10/c1-4-5-6-7-8-9-10-11-12-13-14-15-16-17-20(29)36-18-19-21(30)22(31)23(32)24(37-19)38-26(34)28(35)25(33)27(28,2)3/h19,21-25,30-33,35H,4-18H2,1-3H3/t19-,21+,22+,23-,24-,25?,28?/m1/s1. The van der Waals surface area contributed by atoms with E-state index in [0.717, 1.165) is 19.3 Å². The second-order valence-electron chi connectivity index (χ2n) is 11.5. The Hall–Kier alpha value is -1.30. The van der Waals surface area contributed by atoms with Crippen molar-refractivity contribution in [1.29, 1.82) is 0 Å². The molecule has 0 bridgehead atoms. The van der Waals surface area contributed by atoms with Gasteiger partial charge in [-0.15, -0.1) is 0 Å². The quantitative estimate of drug-likeness (QED) is 0.127. The van der Waals surface area contributed by atoms with Crippen LogP contribution in [0.25, 0.3) is 0 Å². The summed E-state index contributed by atoms with van der Waals surface area (Å²) in [6.45, 7) is 4.76. The lowest BCUT2D eigenvalue weighted by molar-refractivity contribution is -0.296. The van der Waals surface area contributed by atoms with Gasteiger partial charge in [-0.2, -0.15) is 0 Å². The molecule has 0 amide bonds. The van der Waals surface area contributed by atoms with Crippen LogP contribution in [0.4, 0.5) is 0 Å². The molecular weight excluding hydrogens is 496 g/mol. The van der Waals surface area contributed by atoms with Gasteiger partial charge in [-0.05, 0) is 6.42 Å². The lowest BCUT2D eigenvalue weighted by atomic mass is 9.99. The Morgan fingerprint density at radius 3 is 1.71 bits per heavy atom. The van der Waals surface area contributed by atoms with Crippen molar-refractivity contribution in [2.75, 3.05) is 6.61 Å². The summed E-state index contributed by atoms with van der Waals surface area (Å²) in [5, 5.41) is 50.7. The Morgan fingerprint density at radius 2 is 1.24 bits per heavy atom. The SMILES string of the molecule is CCCCCCCCCCCCCCCC(=O)OC[C@H]1O[C@H](OC(=O)C2(O)C(O)C2(C)C)[C@H](O)[C@@H](O)[C@H]1O. The molecule has 2 unspecified atom stereocenters. The predicted molar refractivity (Wildman–Crippen MR) is 139 cm³/mol. The molecule has 0 aromatic rings. The molecule has 10 nitrogen and oxygen atoms in total. The first-order valence-corrected chi connectivity index (χ1v) is 14.4. The highest BCUT2D eigenvalue weighted by molar-refractivity contribution is 5.86. The number of hydrogen-bond donors (Lipinski definition) is 5. The summed E-state index contributed by atoms with van der Waals surface area (Å²) in [6, 6.07) is 0. The number of unbranched alkanes of at least 4 members (excludes halogenated alkanes) is 12. The molecule has 10 heteroatoms. The largest absolute Gasteiger partial charge is 0.463 e. The zero-order valence-corrected chi connectivity index (χ0v) is 23.3. The minimum atomic E-state index is -2.17. The first kappa shape index (κ1) is 32.9. The number of aliphatic hydroxyl groups is 5. The van der Waals surface area contributed by atoms with E-state index in [1.54, 1.807) is 0 Å². The van der Waals surface area contributed by atoms with Crippen LogP contribution in [0.15, 0.2) is 0 Å². The lowest BCUT2D eigenvalue weighted by Crippen LogP contribution is -2.60. The highest BCUT2D eigenvalue weighted by Gasteiger charge is 2.77. The monoisotopic (exact) mass is 546 g/mol. The molecule has 2 fully saturated rings. The van der Waals surface area contributed by atoms with E-state index >= 15 is 0 Å². The van der Waals surface area contributed by atoms with E-state index in [1.165, 1.54) is 71.6 Å². The van der Waals surface area contributed by atoms with E-state index in [0.29, 0.717) is 6.42 Å². The third kappa shape index (κ3) is 8.60. The minimum absolute atomic E-state index is 0.212. The normalized spacial score (nSPS) is 32.1. The van der Waals surface area contributed by atoms with Gasteiger partial charge in [0.15, 0.2) is 5.60 Å². The number of rotatable bonds is 18. The van der Waals surface area contributed by atoms with Gasteiger partial charge in [-0.3, -0.25) is 4.79 Å². The maximum Gasteiger partial charge on any atom is 0.343 e. The van der Waals surface area contributed by atoms with Crippen LogP contribution in [-0.2, 0) is 23.8 Å². The fourth-order valence-corrected chi connectivity index (χ4v) is 4.97. The van der Waals surface area contributed by atoms with Crippen LogP contribution in [-0.4, -0.2) is 86.5 Å². The molecule has 0 radical (unpaired) electrons. The van der Waals surface area contributed by atoms with Crippen LogP contribution in [0.2, 0.25) is 0 Å². The molecule has 0 aromatic heterocycles. The smallest absolute Gasteiger partial charge is 0.343 e. The zero-order valence-electron chi connectivity index (χ0n) is 23.3. The molecule has 1 saturated heterocycles. The number of aliphatic hydroxyl groups excluding tert-OH is 4. The maximum atomic E-state index is 12.4. The molecule has 5 N–H and O–H groups in total. The van der Waals surface area contributed by atoms with Crippen molar-refractivity contribution in [1.82, 2.24) is 0 Å². The van der Waals surface area contributed by atoms with Crippen LogP contribution in [0, 0.1) is 5.41 Å². The van der Waals surface area contributed by atoms with Gasteiger partial charge in [0.2, 0.25) is 6.29 Å². The number of esters is 2. The van der Waals surface area contributed by atoms with Crippen molar-refractivity contribution in [3.8, 4) is 0 Å². The van der Waals surface area contributed by atoms with E-state index < -0.39 is 66.4 Å². The van der Waals surface area contributed by atoms with Crippen LogP contribution in [0.3, 0.4) is 0 Å². The van der Waals surface area contributed by atoms with E-state index in [-0.39, 0.29) is 6.42 Å². The van der Waals surface area contributed by atoms with Gasteiger partial charge >= 0.3 is 11.9 Å². The summed E-state index contributed by atoms with van der Waals surface area (Å²) < 4.78 is 15.6. The van der Waals surface area contributed by atoms with Gasteiger partial charge in [0, 0.05) is 11.8 Å². The topological polar surface area (TPSA) is 163 Å². The van der Waals surface area contributed by atoms with Crippen molar-refractivity contribution in [3.63, 3.8) is 0 Å². The van der Waals surface area contributed by atoms with E-state index in [4.69, 9.17) is 14.2 Å². The molecule has 1 saturated carbocycles. The van der Waals surface area contributed by atoms with Gasteiger partial charge in [0.25, 0.3) is 0 Å². The van der Waals surface area contributed by atoms with Gasteiger partial charge in [0.05, 0.1) is 0 Å². The van der Waals surface area contributed by atoms with Crippen LogP contribution in [0.5, 0.6) is 0 Å². The Balaban J connectivity index is 1.60. The molecule has 7 atom stereocenters. The summed E-state index contributed by atoms with van der Waals surface area (Å²) in [5.74, 6) is -1.70. The van der Waals surface area contributed by atoms with Crippen LogP contribution in [0.1, 0.15) is 111 Å². The Morgan fingerprint density at radius 1 is 0.763 bits per heavy atom. The Kier molecular flexibility index (Phi) is 13.4. The first-order valence-electron chi connectivity index (χ1n) is 14.4. The summed E-state index contributed by atoms with van der Waals surface area (Å²) in [6.07, 6.45) is 6.29. The van der Waals surface area contributed by atoms with Crippen molar-refractivity contribution < 1.29 is 49.3 Å². The molecule has 38 heavy (non-hydrogen) atoms. The van der Waals surface area contributed by atoms with Gasteiger partial charge < -0.3 is 39.7 Å². The molecule has 2 aliphatic rings. The fraction of sp³-hybridized carbons (Fsp3) is 0.929. The lowest BCUT2D eigenvalue weighted by Gasteiger charge is -2.39. The van der Waals surface area contributed by atoms with Crippen molar-refractivity contribution >= 4 is 11.9 Å². The summed E-state index contributed by atoms with van der Waals surface area (Å²) in [5.41, 5.74) is -3.32. The number of carbonyl (C=O) groups excluding carboxylic acids is 2. The molecule has 0 aromatic carbocycles. The van der Waals surface area contributed by atoms with Gasteiger partial charge in [-0.25, -0.2) is 4.79 Å². The summed E-state index contributed by atoms with van der Waals surface area (Å²) >= 11 is 0. The highest BCUT2D eigenvalue weighted by atomic mass is 16.7. The van der Waals surface area contributed by atoms with Crippen molar-refractivity contribution in [2.24, 2.45) is 5.41 Å². The van der Waals surface area contributed by atoms with Gasteiger partial charge in [0.1, 0.15) is 37.1 Å². The third-order valence-corrected chi connectivity index (χ3v) is 8.07. The molecule has 1 aliphatic heterocycles. The molecule has 1 heterocycles. The second kappa shape index (κ2) is 15.5. The summed E-state index contributed by atoms with van der Waals surface area (Å²) in [4.78, 5) is 24.5. The number of carbonyl (C=O) groups is 2. The Bertz CT molecular complexity index is 728. The average molecular weight is 547 g/mol. The molecule has 1 aliphatic carbocycles. The van der Waals surface area contributed by atoms with Crippen LogP contribution >= 0.6 is 0 Å². The average Bonchev–Trinajstić information content (AvgIpc) is 3.30. The second-order valence-corrected chi connectivity index (χ2v) is 11.5. The fourth-order valence-electron chi connectivity index (χ4n) is 4.97. The number of hydrogen-bond acceptors (Lipinski definition) is 10. The predicted octanol–water partition coefficient (Wildman–Crippen LogP) is 2.49. The Labute approximate surface area is 226 Å². The third-order valence-electron chi connectivity index (χ3n) is 8.07. The molecule has 2 rings (SSSR count). The van der Waals surface area contributed by atoms with Crippen molar-refractivity contribution in [3.05, 3.63) is 0 Å². The molecular formula is C28H50O10. The zero-order chi connectivity index (χ0) is 28.3. The summed E-state index contributed by atoms with van der Waals surface area (Å²) in [7, 11) is 0. The maximum absolute atomic E-state index is 12.4. The van der Waals surface area contributed by atoms with E-state index in [1.807, 2.05) is 0 Å². The highest BCUT2D eigenvalue weighted by Crippen LogP contribution is 2.56. The number of ether oxygens (including phenoxy) is 3. The van der Waals surface area contributed by atoms with Crippen molar-refractivity contribution in [2.45, 2.75) is 153 Å². The van der Waals surface area contributed by atoms with Crippen LogP contribution < -0.4 is 0 Å².